The van der Waals surface area contributed by atoms with E-state index in [9.17, 15) is 4.79 Å². The van der Waals surface area contributed by atoms with Gasteiger partial charge in [-0.15, -0.1) is 0 Å². The first-order chi connectivity index (χ1) is 11.1. The highest BCUT2D eigenvalue weighted by atomic mass is 16.5. The molecule has 0 aliphatic carbocycles. The molecule has 1 amide bonds. The number of piperidine rings is 1. The zero-order chi connectivity index (χ0) is 16.4. The summed E-state index contributed by atoms with van der Waals surface area (Å²) in [5.41, 5.74) is 2.40. The van der Waals surface area contributed by atoms with Gasteiger partial charge in [-0.1, -0.05) is 18.2 Å². The van der Waals surface area contributed by atoms with Crippen molar-refractivity contribution >= 4 is 5.91 Å². The number of carbonyl (C=O) groups is 1. The van der Waals surface area contributed by atoms with E-state index in [0.717, 1.165) is 38.3 Å². The molecule has 3 rings (SSSR count). The second-order valence-corrected chi connectivity index (χ2v) is 6.67. The number of likely N-dealkylation sites (N-methyl/N-ethyl adjacent to an activating group) is 1. The van der Waals surface area contributed by atoms with Crippen molar-refractivity contribution in [2.75, 3.05) is 40.4 Å². The summed E-state index contributed by atoms with van der Waals surface area (Å²) < 4.78 is 11.4. The molecular weight excluding hydrogens is 292 g/mol. The summed E-state index contributed by atoms with van der Waals surface area (Å²) in [4.78, 5) is 16.1. The fourth-order valence-electron chi connectivity index (χ4n) is 3.74. The van der Waals surface area contributed by atoms with E-state index in [4.69, 9.17) is 9.47 Å². The third-order valence-corrected chi connectivity index (χ3v) is 4.99. The van der Waals surface area contributed by atoms with Crippen molar-refractivity contribution in [3.63, 3.8) is 0 Å². The Labute approximate surface area is 138 Å². The smallest absolute Gasteiger partial charge is 0.248 e. The number of nitrogens with zero attached hydrogens (tertiary/aromatic N) is 2. The molecule has 2 saturated heterocycles. The predicted molar refractivity (Wildman–Crippen MR) is 88.5 cm³/mol. The average Bonchev–Trinajstić information content (AvgIpc) is 2.67. The summed E-state index contributed by atoms with van der Waals surface area (Å²) in [7, 11) is 3.61. The SMILES string of the molecule is COc1c(C)cccc1CN1CC[C@@H]2OCC(=O)N(C)C[C@H]2C1. The van der Waals surface area contributed by atoms with E-state index in [0.29, 0.717) is 5.92 Å². The van der Waals surface area contributed by atoms with E-state index in [2.05, 4.69) is 30.0 Å². The normalized spacial score (nSPS) is 25.9. The van der Waals surface area contributed by atoms with Gasteiger partial charge in [0.05, 0.1) is 13.2 Å². The maximum atomic E-state index is 11.8. The lowest BCUT2D eigenvalue weighted by Gasteiger charge is -2.38. The monoisotopic (exact) mass is 318 g/mol. The highest BCUT2D eigenvalue weighted by molar-refractivity contribution is 5.77. The number of rotatable bonds is 3. The quantitative estimate of drug-likeness (QED) is 0.850. The lowest BCUT2D eigenvalue weighted by atomic mass is 9.93. The summed E-state index contributed by atoms with van der Waals surface area (Å²) in [6.45, 7) is 5.92. The molecule has 1 aromatic rings. The van der Waals surface area contributed by atoms with Crippen LogP contribution in [0, 0.1) is 12.8 Å². The van der Waals surface area contributed by atoms with Crippen LogP contribution in [0.4, 0.5) is 0 Å². The van der Waals surface area contributed by atoms with Crippen LogP contribution < -0.4 is 4.74 Å². The van der Waals surface area contributed by atoms with Gasteiger partial charge < -0.3 is 14.4 Å². The third-order valence-electron chi connectivity index (χ3n) is 4.99. The Bertz CT molecular complexity index is 575. The van der Waals surface area contributed by atoms with Crippen LogP contribution in [0.2, 0.25) is 0 Å². The molecule has 5 heteroatoms. The number of ether oxygens (including phenoxy) is 2. The van der Waals surface area contributed by atoms with Crippen molar-refractivity contribution < 1.29 is 14.3 Å². The lowest BCUT2D eigenvalue weighted by molar-refractivity contribution is -0.133. The average molecular weight is 318 g/mol. The van der Waals surface area contributed by atoms with E-state index in [1.54, 1.807) is 12.0 Å². The molecule has 5 nitrogen and oxygen atoms in total. The van der Waals surface area contributed by atoms with E-state index >= 15 is 0 Å². The fraction of sp³-hybridized carbons (Fsp3) is 0.611. The van der Waals surface area contributed by atoms with Crippen LogP contribution >= 0.6 is 0 Å². The van der Waals surface area contributed by atoms with Crippen molar-refractivity contribution in [1.82, 2.24) is 9.80 Å². The Hall–Kier alpha value is -1.59. The molecule has 0 unspecified atom stereocenters. The van der Waals surface area contributed by atoms with Gasteiger partial charge in [-0.2, -0.15) is 0 Å². The summed E-state index contributed by atoms with van der Waals surface area (Å²) >= 11 is 0. The number of aryl methyl sites for hydroxylation is 1. The maximum Gasteiger partial charge on any atom is 0.248 e. The maximum absolute atomic E-state index is 11.8. The Morgan fingerprint density at radius 1 is 1.35 bits per heavy atom. The van der Waals surface area contributed by atoms with Crippen molar-refractivity contribution in [1.29, 1.82) is 0 Å². The largest absolute Gasteiger partial charge is 0.496 e. The first kappa shape index (κ1) is 16.3. The number of likely N-dealkylation sites (tertiary alicyclic amines) is 1. The van der Waals surface area contributed by atoms with Crippen LogP contribution in [0.25, 0.3) is 0 Å². The predicted octanol–water partition coefficient (Wildman–Crippen LogP) is 1.68. The molecule has 0 radical (unpaired) electrons. The Balaban J connectivity index is 1.69. The first-order valence-electron chi connectivity index (χ1n) is 8.29. The number of carbonyl (C=O) groups excluding carboxylic acids is 1. The highest BCUT2D eigenvalue weighted by Crippen LogP contribution is 2.28. The van der Waals surface area contributed by atoms with Gasteiger partial charge in [0, 0.05) is 44.7 Å². The second-order valence-electron chi connectivity index (χ2n) is 6.67. The van der Waals surface area contributed by atoms with Crippen LogP contribution in [0.3, 0.4) is 0 Å². The van der Waals surface area contributed by atoms with E-state index in [1.165, 1.54) is 11.1 Å². The molecule has 0 bridgehead atoms. The Kier molecular flexibility index (Phi) is 4.87. The minimum absolute atomic E-state index is 0.0892. The summed E-state index contributed by atoms with van der Waals surface area (Å²) in [5.74, 6) is 1.46. The molecule has 0 saturated carbocycles. The zero-order valence-corrected chi connectivity index (χ0v) is 14.2. The van der Waals surface area contributed by atoms with Crippen molar-refractivity contribution in [2.24, 2.45) is 5.92 Å². The molecule has 2 fully saturated rings. The van der Waals surface area contributed by atoms with Gasteiger partial charge in [-0.05, 0) is 18.9 Å². The van der Waals surface area contributed by atoms with Crippen molar-refractivity contribution in [2.45, 2.75) is 26.0 Å². The summed E-state index contributed by atoms with van der Waals surface area (Å²) in [5, 5.41) is 0. The molecule has 2 aliphatic heterocycles. The molecule has 0 spiro atoms. The number of benzene rings is 1. The van der Waals surface area contributed by atoms with Crippen LogP contribution in [0.15, 0.2) is 18.2 Å². The molecule has 2 atom stereocenters. The highest BCUT2D eigenvalue weighted by Gasteiger charge is 2.34. The lowest BCUT2D eigenvalue weighted by Crippen LogP contribution is -2.46. The molecule has 126 valence electrons. The van der Waals surface area contributed by atoms with E-state index < -0.39 is 0 Å². The van der Waals surface area contributed by atoms with Gasteiger partial charge >= 0.3 is 0 Å². The van der Waals surface area contributed by atoms with Crippen LogP contribution in [0.1, 0.15) is 17.5 Å². The number of amides is 1. The summed E-state index contributed by atoms with van der Waals surface area (Å²) in [6.07, 6.45) is 1.19. The molecular formula is C18H26N2O3. The van der Waals surface area contributed by atoms with Gasteiger partial charge in [0.15, 0.2) is 0 Å². The summed E-state index contributed by atoms with van der Waals surface area (Å²) in [6, 6.07) is 6.30. The van der Waals surface area contributed by atoms with Crippen LogP contribution in [0.5, 0.6) is 5.75 Å². The molecule has 2 heterocycles. The van der Waals surface area contributed by atoms with Gasteiger partial charge in [-0.25, -0.2) is 0 Å². The van der Waals surface area contributed by atoms with Crippen molar-refractivity contribution in [3.8, 4) is 5.75 Å². The topological polar surface area (TPSA) is 42.0 Å². The Morgan fingerprint density at radius 2 is 2.17 bits per heavy atom. The van der Waals surface area contributed by atoms with Crippen LogP contribution in [-0.2, 0) is 16.1 Å². The second kappa shape index (κ2) is 6.89. The van der Waals surface area contributed by atoms with Gasteiger partial charge in [-0.3, -0.25) is 9.69 Å². The fourth-order valence-corrected chi connectivity index (χ4v) is 3.74. The number of hydrogen-bond acceptors (Lipinski definition) is 4. The Morgan fingerprint density at radius 3 is 2.96 bits per heavy atom. The van der Waals surface area contributed by atoms with Crippen molar-refractivity contribution in [3.05, 3.63) is 29.3 Å². The van der Waals surface area contributed by atoms with Crippen LogP contribution in [-0.4, -0.2) is 62.2 Å². The zero-order valence-electron chi connectivity index (χ0n) is 14.2. The molecule has 0 aromatic heterocycles. The number of methoxy groups -OCH3 is 1. The number of para-hydroxylation sites is 1. The molecule has 0 N–H and O–H groups in total. The number of fused-ring (bicyclic) bond motifs is 1. The van der Waals surface area contributed by atoms with Gasteiger partial charge in [0.1, 0.15) is 12.4 Å². The van der Waals surface area contributed by atoms with Gasteiger partial charge in [0.25, 0.3) is 0 Å². The minimum Gasteiger partial charge on any atom is -0.496 e. The van der Waals surface area contributed by atoms with E-state index in [1.807, 2.05) is 7.05 Å². The molecule has 1 aromatic carbocycles. The van der Waals surface area contributed by atoms with Gasteiger partial charge in [0.2, 0.25) is 5.91 Å². The number of hydrogen-bond donors (Lipinski definition) is 0. The molecule has 2 aliphatic rings. The first-order valence-corrected chi connectivity index (χ1v) is 8.29. The van der Waals surface area contributed by atoms with E-state index in [-0.39, 0.29) is 18.6 Å². The third kappa shape index (κ3) is 3.51. The standard InChI is InChI=1S/C18H26N2O3/c1-13-5-4-6-14(18(13)22-3)10-20-8-7-16-15(11-20)9-19(2)17(21)12-23-16/h4-6,15-16H,7-12H2,1-3H3/t15-,16-/m0/s1. The molecule has 23 heavy (non-hydrogen) atoms. The minimum atomic E-state index is 0.0892.